The van der Waals surface area contributed by atoms with Crippen molar-refractivity contribution in [2.24, 2.45) is 5.73 Å². The first-order valence-corrected chi connectivity index (χ1v) is 4.46. The van der Waals surface area contributed by atoms with E-state index in [0.717, 1.165) is 0 Å². The second-order valence-electron chi connectivity index (χ2n) is 2.97. The first-order chi connectivity index (χ1) is 8.39. The Morgan fingerprint density at radius 3 is 2.50 bits per heavy atom. The summed E-state index contributed by atoms with van der Waals surface area (Å²) >= 11 is 0. The van der Waals surface area contributed by atoms with Crippen LogP contribution >= 0.6 is 0 Å². The van der Waals surface area contributed by atoms with Gasteiger partial charge in [0.2, 0.25) is 0 Å². The molecule has 0 spiro atoms. The fourth-order valence-corrected chi connectivity index (χ4v) is 1.14. The molecule has 1 radical (unpaired) electrons. The van der Waals surface area contributed by atoms with E-state index in [1.165, 1.54) is 24.3 Å². The molecule has 0 bridgehead atoms. The van der Waals surface area contributed by atoms with Crippen LogP contribution in [0.25, 0.3) is 5.57 Å². The Morgan fingerprint density at radius 2 is 2.00 bits per heavy atom. The average Bonchev–Trinajstić information content (AvgIpc) is 2.30. The largest absolute Gasteiger partial charge is 0.573 e. The normalized spacial score (nSPS) is 12.1. The molecular weight excluding hydrogens is 247 g/mol. The van der Waals surface area contributed by atoms with E-state index in [9.17, 15) is 13.2 Å². The number of ether oxygens (including phenoxy) is 1. The fourth-order valence-electron chi connectivity index (χ4n) is 1.14. The van der Waals surface area contributed by atoms with E-state index < -0.39 is 23.4 Å². The van der Waals surface area contributed by atoms with Gasteiger partial charge in [-0.15, -0.1) is 13.2 Å². The standard InChI is InChI=1S/C11H5F3N3O/c12-11(13,14)18-10-4-2-1-3-7(10)8(5-15)9(17)6-16/h1-3H,17H2/b9-8+. The molecule has 7 heteroatoms. The smallest absolute Gasteiger partial charge is 0.404 e. The summed E-state index contributed by atoms with van der Waals surface area (Å²) in [6, 6.07) is 8.95. The van der Waals surface area contributed by atoms with Gasteiger partial charge in [-0.25, -0.2) is 0 Å². The Balaban J connectivity index is 3.36. The molecule has 0 saturated heterocycles. The minimum Gasteiger partial charge on any atom is -0.404 e. The first kappa shape index (κ1) is 13.4. The van der Waals surface area contributed by atoms with Crippen molar-refractivity contribution in [1.82, 2.24) is 0 Å². The molecule has 0 amide bonds. The highest BCUT2D eigenvalue weighted by atomic mass is 19.4. The van der Waals surface area contributed by atoms with Gasteiger partial charge >= 0.3 is 6.36 Å². The van der Waals surface area contributed by atoms with Crippen LogP contribution in [0.5, 0.6) is 5.75 Å². The third-order valence-corrected chi connectivity index (χ3v) is 1.81. The summed E-state index contributed by atoms with van der Waals surface area (Å²) in [5, 5.41) is 17.4. The van der Waals surface area contributed by atoms with Gasteiger partial charge in [-0.1, -0.05) is 12.1 Å². The molecule has 18 heavy (non-hydrogen) atoms. The maximum Gasteiger partial charge on any atom is 0.573 e. The lowest BCUT2D eigenvalue weighted by molar-refractivity contribution is -0.274. The number of alkyl halides is 3. The summed E-state index contributed by atoms with van der Waals surface area (Å²) in [4.78, 5) is 0. The lowest BCUT2D eigenvalue weighted by Crippen LogP contribution is -2.18. The SMILES string of the molecule is N#C/C(N)=C(/C#N)c1ccc[c]c1OC(F)(F)F. The third kappa shape index (κ3) is 3.16. The highest BCUT2D eigenvalue weighted by Gasteiger charge is 2.32. The third-order valence-electron chi connectivity index (χ3n) is 1.81. The maximum absolute atomic E-state index is 12.1. The van der Waals surface area contributed by atoms with E-state index in [0.29, 0.717) is 0 Å². The molecule has 0 unspecified atom stereocenters. The minimum absolute atomic E-state index is 0.239. The number of halogens is 3. The second kappa shape index (κ2) is 5.11. The molecule has 0 heterocycles. The first-order valence-electron chi connectivity index (χ1n) is 4.46. The molecule has 0 aromatic heterocycles. The summed E-state index contributed by atoms with van der Waals surface area (Å²) in [6.45, 7) is 0. The quantitative estimate of drug-likeness (QED) is 0.817. The number of rotatable bonds is 2. The van der Waals surface area contributed by atoms with Gasteiger partial charge in [0.15, 0.2) is 0 Å². The van der Waals surface area contributed by atoms with Crippen LogP contribution in [0.4, 0.5) is 13.2 Å². The summed E-state index contributed by atoms with van der Waals surface area (Å²) in [7, 11) is 0. The van der Waals surface area contributed by atoms with Crippen LogP contribution in [0, 0.1) is 28.7 Å². The topological polar surface area (TPSA) is 82.8 Å². The Morgan fingerprint density at radius 1 is 1.33 bits per heavy atom. The molecule has 0 saturated carbocycles. The van der Waals surface area contributed by atoms with Crippen LogP contribution in [0.2, 0.25) is 0 Å². The number of nitrogens with zero attached hydrogens (tertiary/aromatic N) is 2. The van der Waals surface area contributed by atoms with E-state index in [1.54, 1.807) is 6.07 Å². The zero-order valence-electron chi connectivity index (χ0n) is 8.75. The number of para-hydroxylation sites is 1. The summed E-state index contributed by atoms with van der Waals surface area (Å²) in [6.07, 6.45) is -4.92. The van der Waals surface area contributed by atoms with Crippen LogP contribution in [-0.4, -0.2) is 6.36 Å². The van der Waals surface area contributed by atoms with Crippen LogP contribution in [0.3, 0.4) is 0 Å². The zero-order chi connectivity index (χ0) is 13.8. The molecule has 0 aliphatic heterocycles. The van der Waals surface area contributed by atoms with Gasteiger partial charge in [0.1, 0.15) is 23.6 Å². The minimum atomic E-state index is -4.92. The number of hydrogen-bond acceptors (Lipinski definition) is 4. The van der Waals surface area contributed by atoms with Crippen molar-refractivity contribution in [2.75, 3.05) is 0 Å². The van der Waals surface area contributed by atoms with Crippen LogP contribution in [-0.2, 0) is 0 Å². The van der Waals surface area contributed by atoms with Gasteiger partial charge in [0.05, 0.1) is 5.57 Å². The van der Waals surface area contributed by atoms with Gasteiger partial charge in [0.25, 0.3) is 0 Å². The lowest BCUT2D eigenvalue weighted by atomic mass is 10.0. The van der Waals surface area contributed by atoms with E-state index in [2.05, 4.69) is 10.8 Å². The molecular formula is C11H5F3N3O. The van der Waals surface area contributed by atoms with Gasteiger partial charge in [-0.2, -0.15) is 10.5 Å². The molecule has 1 aromatic rings. The molecule has 0 aliphatic carbocycles. The highest BCUT2D eigenvalue weighted by Crippen LogP contribution is 2.30. The monoisotopic (exact) mass is 252 g/mol. The summed E-state index contributed by atoms with van der Waals surface area (Å²) in [5.74, 6) is -0.709. The van der Waals surface area contributed by atoms with Crippen molar-refractivity contribution in [3.63, 3.8) is 0 Å². The number of nitriles is 2. The van der Waals surface area contributed by atoms with Crippen LogP contribution in [0.1, 0.15) is 5.56 Å². The van der Waals surface area contributed by atoms with Crippen molar-refractivity contribution in [3.05, 3.63) is 35.5 Å². The predicted molar refractivity (Wildman–Crippen MR) is 54.3 cm³/mol. The molecule has 0 atom stereocenters. The van der Waals surface area contributed by atoms with E-state index in [4.69, 9.17) is 16.3 Å². The fraction of sp³-hybridized carbons (Fsp3) is 0.0909. The molecule has 0 aliphatic rings. The Labute approximate surface area is 100 Å². The van der Waals surface area contributed by atoms with E-state index in [1.807, 2.05) is 0 Å². The average molecular weight is 252 g/mol. The van der Waals surface area contributed by atoms with Gasteiger partial charge in [-0.3, -0.25) is 0 Å². The molecule has 4 nitrogen and oxygen atoms in total. The maximum atomic E-state index is 12.1. The van der Waals surface area contributed by atoms with Crippen molar-refractivity contribution in [1.29, 1.82) is 10.5 Å². The molecule has 2 N–H and O–H groups in total. The molecule has 91 valence electrons. The highest BCUT2D eigenvalue weighted by molar-refractivity contribution is 5.83. The Hall–Kier alpha value is -2.67. The predicted octanol–water partition coefficient (Wildman–Crippen LogP) is 2.10. The Bertz CT molecular complexity index is 564. The second-order valence-corrected chi connectivity index (χ2v) is 2.97. The molecule has 1 aromatic carbocycles. The summed E-state index contributed by atoms with van der Waals surface area (Å²) < 4.78 is 40.1. The Kier molecular flexibility index (Phi) is 3.80. The molecule has 0 fully saturated rings. The van der Waals surface area contributed by atoms with E-state index >= 15 is 0 Å². The van der Waals surface area contributed by atoms with Crippen LogP contribution < -0.4 is 10.5 Å². The van der Waals surface area contributed by atoms with Crippen LogP contribution in [0.15, 0.2) is 23.9 Å². The van der Waals surface area contributed by atoms with Gasteiger partial charge in [0, 0.05) is 11.6 Å². The summed E-state index contributed by atoms with van der Waals surface area (Å²) in [5.41, 5.74) is 4.11. The van der Waals surface area contributed by atoms with Crippen molar-refractivity contribution in [3.8, 4) is 17.9 Å². The van der Waals surface area contributed by atoms with Crippen molar-refractivity contribution < 1.29 is 17.9 Å². The van der Waals surface area contributed by atoms with Crippen molar-refractivity contribution in [2.45, 2.75) is 6.36 Å². The number of nitrogens with two attached hydrogens (primary N) is 1. The zero-order valence-corrected chi connectivity index (χ0v) is 8.75. The number of benzene rings is 1. The lowest BCUT2D eigenvalue weighted by Gasteiger charge is -2.12. The number of allylic oxidation sites excluding steroid dienone is 2. The van der Waals surface area contributed by atoms with E-state index in [-0.39, 0.29) is 5.56 Å². The number of hydrogen-bond donors (Lipinski definition) is 1. The molecule has 1 rings (SSSR count). The van der Waals surface area contributed by atoms with Crippen molar-refractivity contribution >= 4 is 5.57 Å². The van der Waals surface area contributed by atoms with Gasteiger partial charge < -0.3 is 10.5 Å². The van der Waals surface area contributed by atoms with Gasteiger partial charge in [-0.05, 0) is 6.07 Å².